The van der Waals surface area contributed by atoms with Gasteiger partial charge in [0.1, 0.15) is 6.04 Å². The summed E-state index contributed by atoms with van der Waals surface area (Å²) < 4.78 is 0. The van der Waals surface area contributed by atoms with Crippen LogP contribution in [-0.4, -0.2) is 36.5 Å². The largest absolute Gasteiger partial charge is 0.351 e. The van der Waals surface area contributed by atoms with E-state index in [4.69, 9.17) is 0 Å². The van der Waals surface area contributed by atoms with Crippen molar-refractivity contribution in [2.45, 2.75) is 65.1 Å². The van der Waals surface area contributed by atoms with Crippen LogP contribution in [0.4, 0.5) is 0 Å². The van der Waals surface area contributed by atoms with Gasteiger partial charge in [-0.2, -0.15) is 0 Å². The molecular formula is C20H31N3O2. The molecule has 0 radical (unpaired) electrons. The van der Waals surface area contributed by atoms with Gasteiger partial charge in [0.05, 0.1) is 0 Å². The molecule has 0 saturated carbocycles. The molecule has 2 amide bonds. The predicted molar refractivity (Wildman–Crippen MR) is 101 cm³/mol. The lowest BCUT2D eigenvalue weighted by Gasteiger charge is -2.30. The van der Waals surface area contributed by atoms with Crippen molar-refractivity contribution in [2.75, 3.05) is 6.54 Å². The van der Waals surface area contributed by atoms with Crippen LogP contribution in [0.25, 0.3) is 0 Å². The maximum atomic E-state index is 12.8. The van der Waals surface area contributed by atoms with E-state index in [-0.39, 0.29) is 17.9 Å². The summed E-state index contributed by atoms with van der Waals surface area (Å²) in [5.74, 6) is 0.0622. The van der Waals surface area contributed by atoms with Crippen molar-refractivity contribution in [1.29, 1.82) is 0 Å². The first-order valence-corrected chi connectivity index (χ1v) is 9.27. The van der Waals surface area contributed by atoms with Crippen LogP contribution in [0, 0.1) is 12.8 Å². The molecule has 1 heterocycles. The number of carbonyl (C=O) groups excluding carboxylic acids is 2. The highest BCUT2D eigenvalue weighted by atomic mass is 16.2. The first-order chi connectivity index (χ1) is 11.9. The zero-order chi connectivity index (χ0) is 18.4. The highest BCUT2D eigenvalue weighted by Gasteiger charge is 2.26. The van der Waals surface area contributed by atoms with E-state index >= 15 is 0 Å². The molecule has 0 spiro atoms. The third-order valence-electron chi connectivity index (χ3n) is 4.69. The lowest BCUT2D eigenvalue weighted by Crippen LogP contribution is -2.53. The number of rotatable bonds is 6. The Morgan fingerprint density at radius 3 is 2.64 bits per heavy atom. The van der Waals surface area contributed by atoms with Gasteiger partial charge in [-0.3, -0.25) is 9.59 Å². The highest BCUT2D eigenvalue weighted by molar-refractivity contribution is 5.98. The minimum Gasteiger partial charge on any atom is -0.351 e. The molecule has 1 saturated heterocycles. The van der Waals surface area contributed by atoms with Crippen LogP contribution in [0.5, 0.6) is 0 Å². The van der Waals surface area contributed by atoms with E-state index in [1.165, 1.54) is 0 Å². The molecule has 1 aliphatic heterocycles. The van der Waals surface area contributed by atoms with Gasteiger partial charge in [-0.25, -0.2) is 0 Å². The van der Waals surface area contributed by atoms with Crippen molar-refractivity contribution in [1.82, 2.24) is 16.0 Å². The number of amides is 2. The average Bonchev–Trinajstić information content (AvgIpc) is 2.54. The molecular weight excluding hydrogens is 314 g/mol. The molecule has 3 atom stereocenters. The predicted octanol–water partition coefficient (Wildman–Crippen LogP) is 2.40. The lowest BCUT2D eigenvalue weighted by molar-refractivity contribution is -0.124. The summed E-state index contributed by atoms with van der Waals surface area (Å²) in [7, 11) is 0. The Morgan fingerprint density at radius 1 is 1.28 bits per heavy atom. The van der Waals surface area contributed by atoms with Crippen molar-refractivity contribution in [3.8, 4) is 0 Å². The number of carbonyl (C=O) groups is 2. The van der Waals surface area contributed by atoms with Crippen LogP contribution in [0.15, 0.2) is 24.3 Å². The summed E-state index contributed by atoms with van der Waals surface area (Å²) in [6.45, 7) is 9.07. The molecule has 25 heavy (non-hydrogen) atoms. The van der Waals surface area contributed by atoms with Gasteiger partial charge in [0.25, 0.3) is 5.91 Å². The fourth-order valence-electron chi connectivity index (χ4n) is 3.33. The Hall–Kier alpha value is -1.88. The van der Waals surface area contributed by atoms with E-state index in [0.29, 0.717) is 23.9 Å². The minimum atomic E-state index is -0.503. The molecule has 2 rings (SSSR count). The third-order valence-corrected chi connectivity index (χ3v) is 4.69. The summed E-state index contributed by atoms with van der Waals surface area (Å²) >= 11 is 0. The summed E-state index contributed by atoms with van der Waals surface area (Å²) in [6.07, 6.45) is 2.48. The first kappa shape index (κ1) is 19.4. The molecule has 0 bridgehead atoms. The number of aryl methyl sites for hydroxylation is 1. The number of nitrogens with one attached hydrogen (secondary N) is 3. The molecule has 3 unspecified atom stereocenters. The highest BCUT2D eigenvalue weighted by Crippen LogP contribution is 2.12. The van der Waals surface area contributed by atoms with Gasteiger partial charge >= 0.3 is 0 Å². The van der Waals surface area contributed by atoms with Gasteiger partial charge in [-0.05, 0) is 57.2 Å². The molecule has 1 fully saturated rings. The maximum absolute atomic E-state index is 12.8. The van der Waals surface area contributed by atoms with Crippen LogP contribution in [0.1, 0.15) is 56.0 Å². The zero-order valence-electron chi connectivity index (χ0n) is 15.8. The van der Waals surface area contributed by atoms with Gasteiger partial charge in [-0.15, -0.1) is 0 Å². The van der Waals surface area contributed by atoms with Gasteiger partial charge < -0.3 is 16.0 Å². The van der Waals surface area contributed by atoms with Crippen LogP contribution in [-0.2, 0) is 4.79 Å². The average molecular weight is 345 g/mol. The molecule has 0 aliphatic carbocycles. The zero-order valence-corrected chi connectivity index (χ0v) is 15.8. The van der Waals surface area contributed by atoms with E-state index < -0.39 is 6.04 Å². The molecule has 5 heteroatoms. The standard InChI is InChI=1S/C20H31N3O2/c1-13(2)11-18(20(25)22-16-9-10-21-15(4)12-16)23-19(24)17-8-6-5-7-14(17)3/h5-8,13,15-16,18,21H,9-12H2,1-4H3,(H,22,25)(H,23,24). The fraction of sp³-hybridized carbons (Fsp3) is 0.600. The Bertz CT molecular complexity index is 600. The van der Waals surface area contributed by atoms with Gasteiger partial charge in [-0.1, -0.05) is 32.0 Å². The molecule has 5 nitrogen and oxygen atoms in total. The smallest absolute Gasteiger partial charge is 0.252 e. The van der Waals surface area contributed by atoms with Gasteiger partial charge in [0.15, 0.2) is 0 Å². The van der Waals surface area contributed by atoms with Crippen molar-refractivity contribution >= 4 is 11.8 Å². The number of hydrogen-bond acceptors (Lipinski definition) is 3. The second-order valence-corrected chi connectivity index (χ2v) is 7.56. The Kier molecular flexibility index (Phi) is 7.00. The minimum absolute atomic E-state index is 0.0743. The van der Waals surface area contributed by atoms with Gasteiger partial charge in [0, 0.05) is 17.6 Å². The van der Waals surface area contributed by atoms with Crippen LogP contribution < -0.4 is 16.0 Å². The van der Waals surface area contributed by atoms with Crippen LogP contribution in [0.3, 0.4) is 0 Å². The Balaban J connectivity index is 2.03. The van der Waals surface area contributed by atoms with E-state index in [2.05, 4.69) is 36.7 Å². The van der Waals surface area contributed by atoms with E-state index in [0.717, 1.165) is 24.9 Å². The summed E-state index contributed by atoms with van der Waals surface area (Å²) in [6, 6.07) is 7.53. The summed E-state index contributed by atoms with van der Waals surface area (Å²) in [4.78, 5) is 25.4. The number of hydrogen-bond donors (Lipinski definition) is 3. The molecule has 1 aliphatic rings. The van der Waals surface area contributed by atoms with Crippen LogP contribution >= 0.6 is 0 Å². The molecule has 1 aromatic rings. The second kappa shape index (κ2) is 8.99. The summed E-state index contributed by atoms with van der Waals surface area (Å²) in [5.41, 5.74) is 1.54. The van der Waals surface area contributed by atoms with Crippen molar-refractivity contribution in [2.24, 2.45) is 5.92 Å². The molecule has 1 aromatic carbocycles. The Morgan fingerprint density at radius 2 is 2.00 bits per heavy atom. The normalized spacial score (nSPS) is 21.6. The molecule has 138 valence electrons. The van der Waals surface area contributed by atoms with E-state index in [1.807, 2.05) is 25.1 Å². The maximum Gasteiger partial charge on any atom is 0.252 e. The SMILES string of the molecule is Cc1ccccc1C(=O)NC(CC(C)C)C(=O)NC1CCNC(C)C1. The van der Waals surface area contributed by atoms with Crippen molar-refractivity contribution < 1.29 is 9.59 Å². The van der Waals surface area contributed by atoms with Gasteiger partial charge in [0.2, 0.25) is 5.91 Å². The quantitative estimate of drug-likeness (QED) is 0.741. The van der Waals surface area contributed by atoms with E-state index in [9.17, 15) is 9.59 Å². The fourth-order valence-corrected chi connectivity index (χ4v) is 3.33. The Labute approximate surface area is 151 Å². The third kappa shape index (κ3) is 5.85. The number of piperidine rings is 1. The second-order valence-electron chi connectivity index (χ2n) is 7.56. The van der Waals surface area contributed by atoms with Crippen molar-refractivity contribution in [3.63, 3.8) is 0 Å². The van der Waals surface area contributed by atoms with Crippen molar-refractivity contribution in [3.05, 3.63) is 35.4 Å². The van der Waals surface area contributed by atoms with E-state index in [1.54, 1.807) is 6.07 Å². The molecule has 3 N–H and O–H groups in total. The molecule has 0 aromatic heterocycles. The first-order valence-electron chi connectivity index (χ1n) is 9.27. The lowest BCUT2D eigenvalue weighted by atomic mass is 9.98. The topological polar surface area (TPSA) is 70.2 Å². The van der Waals surface area contributed by atoms with Crippen LogP contribution in [0.2, 0.25) is 0 Å². The number of benzene rings is 1. The monoisotopic (exact) mass is 345 g/mol. The summed E-state index contributed by atoms with van der Waals surface area (Å²) in [5, 5.41) is 9.46.